The normalized spacial score (nSPS) is 10.5. The first-order valence-corrected chi connectivity index (χ1v) is 7.34. The van der Waals surface area contributed by atoms with Gasteiger partial charge in [0.2, 0.25) is 5.91 Å². The lowest BCUT2D eigenvalue weighted by molar-refractivity contribution is -0.131. The van der Waals surface area contributed by atoms with Crippen molar-refractivity contribution in [1.29, 1.82) is 0 Å². The second kappa shape index (κ2) is 6.94. The minimum absolute atomic E-state index is 0.0726. The van der Waals surface area contributed by atoms with E-state index in [0.717, 1.165) is 15.8 Å². The quantitative estimate of drug-likeness (QED) is 0.859. The molecule has 22 heavy (non-hydrogen) atoms. The number of hydrogen-bond acceptors (Lipinski definition) is 3. The van der Waals surface area contributed by atoms with Crippen LogP contribution in [0.3, 0.4) is 0 Å². The van der Waals surface area contributed by atoms with Crippen LogP contribution in [0.2, 0.25) is 10.0 Å². The van der Waals surface area contributed by atoms with E-state index in [1.165, 1.54) is 11.1 Å². The molecule has 0 saturated carbocycles. The Hall–Kier alpha value is -1.85. The van der Waals surface area contributed by atoms with Crippen molar-refractivity contribution in [2.24, 2.45) is 0 Å². The molecule has 2 rings (SSSR count). The highest BCUT2D eigenvalue weighted by Gasteiger charge is 2.14. The van der Waals surface area contributed by atoms with Gasteiger partial charge in [0.05, 0.1) is 11.2 Å². The molecule has 0 saturated heterocycles. The number of carbonyl (C=O) groups excluding carboxylic acids is 1. The number of benzene rings is 1. The van der Waals surface area contributed by atoms with Crippen molar-refractivity contribution in [2.75, 3.05) is 7.05 Å². The zero-order chi connectivity index (χ0) is 16.3. The van der Waals surface area contributed by atoms with E-state index < -0.39 is 5.56 Å². The summed E-state index contributed by atoms with van der Waals surface area (Å²) in [6.45, 7) is 2.27. The van der Waals surface area contributed by atoms with Crippen molar-refractivity contribution in [3.05, 3.63) is 62.0 Å². The van der Waals surface area contributed by atoms with Crippen molar-refractivity contribution in [3.63, 3.8) is 0 Å². The molecule has 0 spiro atoms. The summed E-state index contributed by atoms with van der Waals surface area (Å²) in [5.74, 6) is -0.242. The first kappa shape index (κ1) is 16.5. The Morgan fingerprint density at radius 2 is 1.91 bits per heavy atom. The molecule has 0 unspecified atom stereocenters. The van der Waals surface area contributed by atoms with Crippen molar-refractivity contribution >= 4 is 29.1 Å². The maximum Gasteiger partial charge on any atom is 0.287 e. The number of aromatic nitrogens is 2. The van der Waals surface area contributed by atoms with Crippen molar-refractivity contribution in [3.8, 4) is 0 Å². The average molecular weight is 340 g/mol. The highest BCUT2D eigenvalue weighted by Crippen LogP contribution is 2.14. The van der Waals surface area contributed by atoms with Gasteiger partial charge in [-0.1, -0.05) is 53.0 Å². The summed E-state index contributed by atoms with van der Waals surface area (Å²) < 4.78 is 1.00. The van der Waals surface area contributed by atoms with E-state index in [2.05, 4.69) is 5.10 Å². The van der Waals surface area contributed by atoms with Gasteiger partial charge in [-0.05, 0) is 12.5 Å². The Morgan fingerprint density at radius 3 is 2.55 bits per heavy atom. The van der Waals surface area contributed by atoms with Crippen LogP contribution in [-0.4, -0.2) is 27.6 Å². The van der Waals surface area contributed by atoms with Crippen LogP contribution in [0.5, 0.6) is 0 Å². The fraction of sp³-hybridized carbons (Fsp3) is 0.267. The van der Waals surface area contributed by atoms with E-state index in [4.69, 9.17) is 23.2 Å². The molecule has 0 fully saturated rings. The van der Waals surface area contributed by atoms with Crippen LogP contribution in [0, 0.1) is 6.92 Å². The van der Waals surface area contributed by atoms with Crippen molar-refractivity contribution in [1.82, 2.24) is 14.7 Å². The first-order valence-electron chi connectivity index (χ1n) is 6.59. The monoisotopic (exact) mass is 339 g/mol. The average Bonchev–Trinajstić information content (AvgIpc) is 2.50. The van der Waals surface area contributed by atoms with Gasteiger partial charge in [-0.15, -0.1) is 0 Å². The third kappa shape index (κ3) is 3.87. The van der Waals surface area contributed by atoms with Crippen molar-refractivity contribution in [2.45, 2.75) is 20.0 Å². The van der Waals surface area contributed by atoms with Gasteiger partial charge in [-0.3, -0.25) is 9.59 Å². The van der Waals surface area contributed by atoms with Gasteiger partial charge in [0, 0.05) is 13.6 Å². The first-order chi connectivity index (χ1) is 10.4. The second-order valence-electron chi connectivity index (χ2n) is 5.00. The Balaban J connectivity index is 2.07. The van der Waals surface area contributed by atoms with Crippen LogP contribution in [0.1, 0.15) is 11.1 Å². The maximum absolute atomic E-state index is 12.2. The molecule has 0 radical (unpaired) electrons. The number of aryl methyl sites for hydroxylation is 1. The van der Waals surface area contributed by atoms with Crippen LogP contribution in [0.4, 0.5) is 0 Å². The third-order valence-electron chi connectivity index (χ3n) is 3.19. The zero-order valence-corrected chi connectivity index (χ0v) is 13.7. The molecule has 0 bridgehead atoms. The molecular formula is C15H15Cl2N3O2. The number of nitrogens with zero attached hydrogens (tertiary/aromatic N) is 3. The minimum atomic E-state index is -0.578. The summed E-state index contributed by atoms with van der Waals surface area (Å²) in [7, 11) is 1.67. The van der Waals surface area contributed by atoms with E-state index in [0.29, 0.717) is 6.54 Å². The fourth-order valence-electron chi connectivity index (χ4n) is 1.86. The van der Waals surface area contributed by atoms with Crippen LogP contribution in [-0.2, 0) is 17.9 Å². The maximum atomic E-state index is 12.2. The lowest BCUT2D eigenvalue weighted by Gasteiger charge is -2.17. The lowest BCUT2D eigenvalue weighted by Crippen LogP contribution is -2.34. The molecule has 0 atom stereocenters. The van der Waals surface area contributed by atoms with Crippen LogP contribution in [0.15, 0.2) is 35.3 Å². The summed E-state index contributed by atoms with van der Waals surface area (Å²) in [5.41, 5.74) is 1.59. The molecule has 1 amide bonds. The molecule has 0 aliphatic carbocycles. The van der Waals surface area contributed by atoms with Gasteiger partial charge in [-0.2, -0.15) is 5.10 Å². The number of hydrogen-bond donors (Lipinski definition) is 0. The number of carbonyl (C=O) groups is 1. The molecule has 5 nitrogen and oxygen atoms in total. The van der Waals surface area contributed by atoms with Gasteiger partial charge in [0.15, 0.2) is 0 Å². The standard InChI is InChI=1S/C15H15Cl2N3O2/c1-10-3-5-11(6-4-10)8-19(2)13(21)9-20-15(22)14(17)12(16)7-18-20/h3-7H,8-9H2,1-2H3. The number of amides is 1. The Morgan fingerprint density at radius 1 is 1.27 bits per heavy atom. The topological polar surface area (TPSA) is 55.2 Å². The predicted molar refractivity (Wildman–Crippen MR) is 86.2 cm³/mol. The fourth-order valence-corrected chi connectivity index (χ4v) is 2.13. The smallest absolute Gasteiger partial charge is 0.287 e. The Labute approximate surface area is 138 Å². The molecule has 2 aromatic rings. The summed E-state index contributed by atoms with van der Waals surface area (Å²) >= 11 is 11.5. The molecule has 1 aromatic carbocycles. The van der Waals surface area contributed by atoms with E-state index >= 15 is 0 Å². The number of likely N-dealkylation sites (N-methyl/N-ethyl adjacent to an activating group) is 1. The summed E-state index contributed by atoms with van der Waals surface area (Å²) in [4.78, 5) is 25.6. The predicted octanol–water partition coefficient (Wildman–Crippen LogP) is 2.52. The Bertz CT molecular complexity index is 741. The Kier molecular flexibility index (Phi) is 5.21. The van der Waals surface area contributed by atoms with Gasteiger partial charge >= 0.3 is 0 Å². The van der Waals surface area contributed by atoms with Crippen LogP contribution < -0.4 is 5.56 Å². The lowest BCUT2D eigenvalue weighted by atomic mass is 10.1. The summed E-state index contributed by atoms with van der Waals surface area (Å²) in [6, 6.07) is 7.89. The molecule has 116 valence electrons. The summed E-state index contributed by atoms with van der Waals surface area (Å²) in [6.07, 6.45) is 1.25. The molecule has 0 aliphatic rings. The molecule has 7 heteroatoms. The highest BCUT2D eigenvalue weighted by molar-refractivity contribution is 6.41. The van der Waals surface area contributed by atoms with E-state index in [-0.39, 0.29) is 22.5 Å². The van der Waals surface area contributed by atoms with E-state index in [1.807, 2.05) is 31.2 Å². The van der Waals surface area contributed by atoms with E-state index in [9.17, 15) is 9.59 Å². The molecular weight excluding hydrogens is 325 g/mol. The second-order valence-corrected chi connectivity index (χ2v) is 5.79. The number of rotatable bonds is 4. The molecule has 0 aliphatic heterocycles. The van der Waals surface area contributed by atoms with Crippen LogP contribution >= 0.6 is 23.2 Å². The number of halogens is 2. The summed E-state index contributed by atoms with van der Waals surface area (Å²) in [5, 5.41) is 3.76. The minimum Gasteiger partial charge on any atom is -0.340 e. The highest BCUT2D eigenvalue weighted by atomic mass is 35.5. The zero-order valence-electron chi connectivity index (χ0n) is 12.2. The van der Waals surface area contributed by atoms with Gasteiger partial charge in [-0.25, -0.2) is 4.68 Å². The molecule has 1 aromatic heterocycles. The van der Waals surface area contributed by atoms with E-state index in [1.54, 1.807) is 7.05 Å². The van der Waals surface area contributed by atoms with Gasteiger partial charge in [0.1, 0.15) is 11.6 Å². The van der Waals surface area contributed by atoms with Crippen LogP contribution in [0.25, 0.3) is 0 Å². The molecule has 1 heterocycles. The largest absolute Gasteiger partial charge is 0.340 e. The molecule has 0 N–H and O–H groups in total. The third-order valence-corrected chi connectivity index (χ3v) is 3.94. The van der Waals surface area contributed by atoms with Crippen molar-refractivity contribution < 1.29 is 4.79 Å². The van der Waals surface area contributed by atoms with Gasteiger partial charge < -0.3 is 4.90 Å². The van der Waals surface area contributed by atoms with Gasteiger partial charge in [0.25, 0.3) is 5.56 Å². The SMILES string of the molecule is Cc1ccc(CN(C)C(=O)Cn2ncc(Cl)c(Cl)c2=O)cc1.